The summed E-state index contributed by atoms with van der Waals surface area (Å²) in [6.07, 6.45) is 1.32. The van der Waals surface area contributed by atoms with Crippen LogP contribution >= 0.6 is 31.9 Å². The van der Waals surface area contributed by atoms with Crippen molar-refractivity contribution in [3.63, 3.8) is 0 Å². The van der Waals surface area contributed by atoms with E-state index in [0.717, 1.165) is 19.8 Å². The molecule has 152 valence electrons. The van der Waals surface area contributed by atoms with Crippen LogP contribution in [-0.4, -0.2) is 37.2 Å². The number of carboxylic acids is 1. The van der Waals surface area contributed by atoms with Gasteiger partial charge >= 0.3 is 17.9 Å². The van der Waals surface area contributed by atoms with Crippen LogP contribution in [0.5, 0.6) is 5.75 Å². The number of hydrogen-bond donors (Lipinski definition) is 1. The summed E-state index contributed by atoms with van der Waals surface area (Å²) < 4.78 is 16.4. The van der Waals surface area contributed by atoms with Crippen LogP contribution in [0.3, 0.4) is 0 Å². The number of esters is 2. The topological polar surface area (TPSA) is 99.1 Å². The van der Waals surface area contributed by atoms with Gasteiger partial charge in [-0.15, -0.1) is 0 Å². The molecule has 0 atom stereocenters. The zero-order valence-electron chi connectivity index (χ0n) is 15.4. The molecule has 7 nitrogen and oxygen atoms in total. The first kappa shape index (κ1) is 22.6. The third kappa shape index (κ3) is 5.91. The van der Waals surface area contributed by atoms with E-state index >= 15 is 0 Å². The number of ether oxygens (including phenoxy) is 3. The molecule has 2 aromatic rings. The Balaban J connectivity index is 2.39. The first-order valence-corrected chi connectivity index (χ1v) is 9.67. The average Bonchev–Trinajstić information content (AvgIpc) is 2.70. The van der Waals surface area contributed by atoms with Crippen LogP contribution in [0.15, 0.2) is 50.9 Å². The summed E-state index contributed by atoms with van der Waals surface area (Å²) in [5.41, 5.74) is 1.04. The highest BCUT2D eigenvalue weighted by Gasteiger charge is 2.21. The lowest BCUT2D eigenvalue weighted by Crippen LogP contribution is -2.15. The van der Waals surface area contributed by atoms with Crippen LogP contribution in [0.1, 0.15) is 21.5 Å². The maximum absolute atomic E-state index is 12.0. The number of aromatic carboxylic acids is 1. The molecule has 0 radical (unpaired) electrons. The van der Waals surface area contributed by atoms with E-state index in [0.29, 0.717) is 20.3 Å². The molecule has 0 aliphatic rings. The Hall–Kier alpha value is -2.65. The molecule has 2 aromatic carbocycles. The van der Waals surface area contributed by atoms with E-state index in [-0.39, 0.29) is 17.7 Å². The van der Waals surface area contributed by atoms with E-state index in [1.54, 1.807) is 24.3 Å². The summed E-state index contributed by atoms with van der Waals surface area (Å²) in [6.45, 7) is 0.132. The molecular formula is C20H16Br2O7. The van der Waals surface area contributed by atoms with E-state index in [1.807, 2.05) is 0 Å². The van der Waals surface area contributed by atoms with E-state index in [9.17, 15) is 14.4 Å². The number of benzene rings is 2. The van der Waals surface area contributed by atoms with Crippen LogP contribution in [0.25, 0.3) is 6.08 Å². The Morgan fingerprint density at radius 3 is 2.10 bits per heavy atom. The molecule has 0 spiro atoms. The van der Waals surface area contributed by atoms with Crippen LogP contribution in [-0.2, 0) is 25.7 Å². The van der Waals surface area contributed by atoms with Gasteiger partial charge in [-0.05, 0) is 51.8 Å². The van der Waals surface area contributed by atoms with Gasteiger partial charge in [0.15, 0.2) is 0 Å². The Kier molecular flexibility index (Phi) is 7.98. The van der Waals surface area contributed by atoms with Gasteiger partial charge in [-0.25, -0.2) is 14.4 Å². The number of carbonyl (C=O) groups is 3. The number of methoxy groups -OCH3 is 2. The SMILES string of the molecule is COC(=O)C(=Cc1cc(Br)cc(Br)c1OCc1ccc(C(=O)O)cc1)C(=O)OC. The minimum atomic E-state index is -1.02. The number of rotatable bonds is 7. The van der Waals surface area contributed by atoms with Crippen molar-refractivity contribution in [3.05, 3.63) is 67.6 Å². The lowest BCUT2D eigenvalue weighted by atomic mass is 10.1. The van der Waals surface area contributed by atoms with Gasteiger partial charge in [0.25, 0.3) is 0 Å². The van der Waals surface area contributed by atoms with Crippen molar-refractivity contribution in [2.75, 3.05) is 14.2 Å². The van der Waals surface area contributed by atoms with Crippen molar-refractivity contribution >= 4 is 55.8 Å². The summed E-state index contributed by atoms with van der Waals surface area (Å²) in [7, 11) is 2.32. The van der Waals surface area contributed by atoms with Crippen molar-refractivity contribution in [1.82, 2.24) is 0 Å². The Morgan fingerprint density at radius 2 is 1.59 bits per heavy atom. The molecule has 0 saturated carbocycles. The van der Waals surface area contributed by atoms with Crippen LogP contribution in [0.4, 0.5) is 0 Å². The minimum absolute atomic E-state index is 0.132. The molecular weight excluding hydrogens is 512 g/mol. The summed E-state index contributed by atoms with van der Waals surface area (Å²) in [5.74, 6) is -2.33. The van der Waals surface area contributed by atoms with Gasteiger partial charge in [-0.2, -0.15) is 0 Å². The highest BCUT2D eigenvalue weighted by molar-refractivity contribution is 9.11. The second-order valence-corrected chi connectivity index (χ2v) is 7.41. The van der Waals surface area contributed by atoms with Gasteiger partial charge in [0.2, 0.25) is 0 Å². The maximum Gasteiger partial charge on any atom is 0.345 e. The first-order valence-electron chi connectivity index (χ1n) is 8.09. The van der Waals surface area contributed by atoms with Crippen molar-refractivity contribution in [2.24, 2.45) is 0 Å². The molecule has 0 aliphatic heterocycles. The second kappa shape index (κ2) is 10.2. The van der Waals surface area contributed by atoms with Crippen molar-refractivity contribution in [1.29, 1.82) is 0 Å². The highest BCUT2D eigenvalue weighted by atomic mass is 79.9. The molecule has 0 heterocycles. The lowest BCUT2D eigenvalue weighted by molar-refractivity contribution is -0.143. The fourth-order valence-corrected chi connectivity index (χ4v) is 3.69. The molecule has 0 amide bonds. The molecule has 0 aromatic heterocycles. The molecule has 2 rings (SSSR count). The zero-order chi connectivity index (χ0) is 21.6. The fourth-order valence-electron chi connectivity index (χ4n) is 2.32. The van der Waals surface area contributed by atoms with E-state index in [2.05, 4.69) is 41.3 Å². The van der Waals surface area contributed by atoms with Crippen molar-refractivity contribution in [2.45, 2.75) is 6.61 Å². The zero-order valence-corrected chi connectivity index (χ0v) is 18.6. The summed E-state index contributed by atoms with van der Waals surface area (Å²) in [6, 6.07) is 9.64. The van der Waals surface area contributed by atoms with Gasteiger partial charge in [0.1, 0.15) is 17.9 Å². The van der Waals surface area contributed by atoms with E-state index in [4.69, 9.17) is 9.84 Å². The van der Waals surface area contributed by atoms with Crippen LogP contribution in [0, 0.1) is 0 Å². The summed E-state index contributed by atoms with van der Waals surface area (Å²) in [4.78, 5) is 34.9. The van der Waals surface area contributed by atoms with Crippen molar-refractivity contribution < 1.29 is 33.7 Å². The average molecular weight is 528 g/mol. The van der Waals surface area contributed by atoms with E-state index in [1.165, 1.54) is 18.2 Å². The molecule has 0 aliphatic carbocycles. The van der Waals surface area contributed by atoms with Crippen LogP contribution < -0.4 is 4.74 Å². The Bertz CT molecular complexity index is 948. The fraction of sp³-hybridized carbons (Fsp3) is 0.150. The predicted octanol–water partition coefficient (Wildman–Crippen LogP) is 4.22. The van der Waals surface area contributed by atoms with Crippen molar-refractivity contribution in [3.8, 4) is 5.75 Å². The molecule has 1 N–H and O–H groups in total. The monoisotopic (exact) mass is 526 g/mol. The Labute approximate surface area is 183 Å². The molecule has 0 unspecified atom stereocenters. The van der Waals surface area contributed by atoms with Gasteiger partial charge in [-0.1, -0.05) is 28.1 Å². The van der Waals surface area contributed by atoms with E-state index < -0.39 is 17.9 Å². The smallest absolute Gasteiger partial charge is 0.345 e. The van der Waals surface area contributed by atoms with Gasteiger partial charge in [-0.3, -0.25) is 0 Å². The summed E-state index contributed by atoms with van der Waals surface area (Å²) >= 11 is 6.77. The third-order valence-electron chi connectivity index (χ3n) is 3.73. The normalized spacial score (nSPS) is 10.1. The third-order valence-corrected chi connectivity index (χ3v) is 4.78. The van der Waals surface area contributed by atoms with Crippen LogP contribution in [0.2, 0.25) is 0 Å². The molecule has 0 fully saturated rings. The van der Waals surface area contributed by atoms with Gasteiger partial charge in [0, 0.05) is 10.0 Å². The number of hydrogen-bond acceptors (Lipinski definition) is 6. The number of carboxylic acid groups (broad SMARTS) is 1. The standard InChI is InChI=1S/C20H16Br2O7/c1-27-19(25)15(20(26)28-2)8-13-7-14(21)9-16(22)17(13)29-10-11-3-5-12(6-4-11)18(23)24/h3-9H,10H2,1-2H3,(H,23,24). The summed E-state index contributed by atoms with van der Waals surface area (Å²) in [5, 5.41) is 8.97. The predicted molar refractivity (Wildman–Crippen MR) is 112 cm³/mol. The second-order valence-electron chi connectivity index (χ2n) is 5.64. The first-order chi connectivity index (χ1) is 13.8. The largest absolute Gasteiger partial charge is 0.487 e. The molecule has 0 bridgehead atoms. The Morgan fingerprint density at radius 1 is 1.00 bits per heavy atom. The molecule has 9 heteroatoms. The minimum Gasteiger partial charge on any atom is -0.487 e. The number of carbonyl (C=O) groups excluding carboxylic acids is 2. The quantitative estimate of drug-likeness (QED) is 0.249. The lowest BCUT2D eigenvalue weighted by Gasteiger charge is -2.13. The number of halogens is 2. The van der Waals surface area contributed by atoms with Gasteiger partial charge < -0.3 is 19.3 Å². The highest BCUT2D eigenvalue weighted by Crippen LogP contribution is 2.35. The van der Waals surface area contributed by atoms with Gasteiger partial charge in [0.05, 0.1) is 24.3 Å². The maximum atomic E-state index is 12.0. The molecule has 0 saturated heterocycles. The molecule has 29 heavy (non-hydrogen) atoms.